The summed E-state index contributed by atoms with van der Waals surface area (Å²) in [5.41, 5.74) is 2.36. The van der Waals surface area contributed by atoms with Crippen LogP contribution in [0.15, 0.2) is 65.1 Å². The molecule has 0 saturated heterocycles. The number of fused-ring (bicyclic) bond motifs is 2. The van der Waals surface area contributed by atoms with Gasteiger partial charge >= 0.3 is 5.97 Å². The fraction of sp³-hybridized carbons (Fsp3) is 0.259. The van der Waals surface area contributed by atoms with Crippen LogP contribution >= 0.6 is 0 Å². The topological polar surface area (TPSA) is 77.8 Å². The highest BCUT2D eigenvalue weighted by molar-refractivity contribution is 6.07. The molecule has 0 aliphatic heterocycles. The minimum absolute atomic E-state index is 0.127. The molecule has 0 atom stereocenters. The first-order chi connectivity index (χ1) is 16.1. The fourth-order valence-electron chi connectivity index (χ4n) is 3.80. The number of hydrogen-bond acceptors (Lipinski definition) is 5. The highest BCUT2D eigenvalue weighted by Gasteiger charge is 2.20. The predicted octanol–water partition coefficient (Wildman–Crippen LogP) is 5.41. The zero-order chi connectivity index (χ0) is 23.2. The number of esters is 1. The quantitative estimate of drug-likeness (QED) is 0.349. The maximum atomic E-state index is 13.1. The normalized spacial score (nSPS) is 11.0. The molecule has 170 valence electrons. The van der Waals surface area contributed by atoms with Crippen molar-refractivity contribution in [3.8, 4) is 5.75 Å². The van der Waals surface area contributed by atoms with E-state index < -0.39 is 5.97 Å². The molecule has 0 aliphatic rings. The van der Waals surface area contributed by atoms with E-state index in [1.807, 2.05) is 60.7 Å². The van der Waals surface area contributed by atoms with E-state index in [9.17, 15) is 9.59 Å². The van der Waals surface area contributed by atoms with Crippen molar-refractivity contribution in [3.63, 3.8) is 0 Å². The van der Waals surface area contributed by atoms with Gasteiger partial charge in [0.1, 0.15) is 17.1 Å². The lowest BCUT2D eigenvalue weighted by Gasteiger charge is -2.09. The number of nitrogens with one attached hydrogen (secondary N) is 1. The van der Waals surface area contributed by atoms with E-state index in [2.05, 4.69) is 17.0 Å². The van der Waals surface area contributed by atoms with Crippen LogP contribution in [0, 0.1) is 0 Å². The molecular formula is C27H27NO5. The number of rotatable bonds is 9. The summed E-state index contributed by atoms with van der Waals surface area (Å²) in [6.07, 6.45) is 2.74. The van der Waals surface area contributed by atoms with Gasteiger partial charge < -0.3 is 19.2 Å². The van der Waals surface area contributed by atoms with E-state index in [0.717, 1.165) is 52.3 Å². The van der Waals surface area contributed by atoms with Crippen LogP contribution in [0.1, 0.15) is 41.4 Å². The van der Waals surface area contributed by atoms with Gasteiger partial charge in [-0.2, -0.15) is 0 Å². The number of ether oxygens (including phenoxy) is 2. The van der Waals surface area contributed by atoms with E-state index in [1.165, 1.54) is 7.11 Å². The van der Waals surface area contributed by atoms with Gasteiger partial charge in [-0.05, 0) is 47.0 Å². The Bertz CT molecular complexity index is 1290. The number of para-hydroxylation sites is 1. The van der Waals surface area contributed by atoms with Gasteiger partial charge in [0.25, 0.3) is 5.91 Å². The largest absolute Gasteiger partial charge is 0.482 e. The second kappa shape index (κ2) is 10.2. The first kappa shape index (κ1) is 22.4. The zero-order valence-corrected chi connectivity index (χ0v) is 18.9. The first-order valence-corrected chi connectivity index (χ1v) is 11.1. The molecule has 4 aromatic rings. The van der Waals surface area contributed by atoms with Crippen molar-refractivity contribution in [1.82, 2.24) is 5.32 Å². The average molecular weight is 446 g/mol. The monoisotopic (exact) mass is 445 g/mol. The molecule has 6 heteroatoms. The number of carbonyl (C=O) groups excluding carboxylic acids is 2. The number of carbonyl (C=O) groups is 2. The van der Waals surface area contributed by atoms with Gasteiger partial charge in [0.2, 0.25) is 0 Å². The fourth-order valence-corrected chi connectivity index (χ4v) is 3.80. The standard InChI is InChI=1S/C27H27NO5/c1-3-4-8-24-26(22-7-5-6-9-23(22)33-24)27(30)28-16-18-10-11-20-15-21(13-12-19(20)14-18)32-17-25(29)31-2/h5-7,9-15H,3-4,8,16-17H2,1-2H3,(H,28,30). The number of hydrogen-bond donors (Lipinski definition) is 1. The van der Waals surface area contributed by atoms with Gasteiger partial charge in [-0.1, -0.05) is 49.7 Å². The Labute approximate surface area is 192 Å². The molecule has 6 nitrogen and oxygen atoms in total. The molecule has 0 saturated carbocycles. The van der Waals surface area contributed by atoms with Crippen LogP contribution in [-0.2, 0) is 22.5 Å². The van der Waals surface area contributed by atoms with Gasteiger partial charge in [0.15, 0.2) is 6.61 Å². The lowest BCUT2D eigenvalue weighted by atomic mass is 10.1. The summed E-state index contributed by atoms with van der Waals surface area (Å²) in [5.74, 6) is 0.788. The second-order valence-corrected chi connectivity index (χ2v) is 7.89. The molecule has 0 fully saturated rings. The highest BCUT2D eigenvalue weighted by atomic mass is 16.6. The second-order valence-electron chi connectivity index (χ2n) is 7.89. The van der Waals surface area contributed by atoms with Gasteiger partial charge in [0, 0.05) is 18.4 Å². The molecule has 1 amide bonds. The SMILES string of the molecule is CCCCc1oc2ccccc2c1C(=O)NCc1ccc2cc(OCC(=O)OC)ccc2c1. The molecule has 0 radical (unpaired) electrons. The lowest BCUT2D eigenvalue weighted by molar-refractivity contribution is -0.142. The number of unbranched alkanes of at least 4 members (excludes halogenated alkanes) is 1. The van der Waals surface area contributed by atoms with Crippen LogP contribution in [0.5, 0.6) is 5.75 Å². The Morgan fingerprint density at radius 2 is 1.79 bits per heavy atom. The van der Waals surface area contributed by atoms with Gasteiger partial charge in [-0.25, -0.2) is 4.79 Å². The third-order valence-electron chi connectivity index (χ3n) is 5.57. The minimum Gasteiger partial charge on any atom is -0.482 e. The Hall–Kier alpha value is -3.80. The van der Waals surface area contributed by atoms with Crippen LogP contribution in [0.25, 0.3) is 21.7 Å². The number of furan rings is 1. The Balaban J connectivity index is 1.48. The molecule has 0 unspecified atom stereocenters. The zero-order valence-electron chi connectivity index (χ0n) is 18.9. The van der Waals surface area contributed by atoms with Gasteiger partial charge in [-0.3, -0.25) is 4.79 Å². The van der Waals surface area contributed by atoms with Crippen molar-refractivity contribution in [1.29, 1.82) is 0 Å². The molecule has 1 N–H and O–H groups in total. The number of benzene rings is 3. The molecule has 1 heterocycles. The van der Waals surface area contributed by atoms with Crippen LogP contribution < -0.4 is 10.1 Å². The summed E-state index contributed by atoms with van der Waals surface area (Å²) in [4.78, 5) is 24.4. The van der Waals surface area contributed by atoms with Crippen LogP contribution in [0.2, 0.25) is 0 Å². The van der Waals surface area contributed by atoms with E-state index in [1.54, 1.807) is 0 Å². The molecule has 0 spiro atoms. The summed E-state index contributed by atoms with van der Waals surface area (Å²) in [7, 11) is 1.33. The van der Waals surface area contributed by atoms with Crippen LogP contribution in [0.4, 0.5) is 0 Å². The number of amides is 1. The Morgan fingerprint density at radius 3 is 2.61 bits per heavy atom. The minimum atomic E-state index is -0.426. The molecule has 33 heavy (non-hydrogen) atoms. The Kier molecular flexibility index (Phi) is 6.93. The predicted molar refractivity (Wildman–Crippen MR) is 127 cm³/mol. The Morgan fingerprint density at radius 1 is 1.00 bits per heavy atom. The van der Waals surface area contributed by atoms with E-state index in [0.29, 0.717) is 17.9 Å². The van der Waals surface area contributed by atoms with Crippen molar-refractivity contribution >= 4 is 33.6 Å². The molecule has 4 rings (SSSR count). The van der Waals surface area contributed by atoms with Crippen molar-refractivity contribution in [2.24, 2.45) is 0 Å². The number of methoxy groups -OCH3 is 1. The van der Waals surface area contributed by atoms with Gasteiger partial charge in [-0.15, -0.1) is 0 Å². The lowest BCUT2D eigenvalue weighted by Crippen LogP contribution is -2.23. The van der Waals surface area contributed by atoms with Crippen LogP contribution in [0.3, 0.4) is 0 Å². The summed E-state index contributed by atoms with van der Waals surface area (Å²) < 4.78 is 16.0. The van der Waals surface area contributed by atoms with E-state index >= 15 is 0 Å². The highest BCUT2D eigenvalue weighted by Crippen LogP contribution is 2.27. The smallest absolute Gasteiger partial charge is 0.343 e. The molecular weight excluding hydrogens is 418 g/mol. The van der Waals surface area contributed by atoms with Gasteiger partial charge in [0.05, 0.1) is 12.7 Å². The molecule has 1 aromatic heterocycles. The van der Waals surface area contributed by atoms with Crippen molar-refractivity contribution in [2.75, 3.05) is 13.7 Å². The summed E-state index contributed by atoms with van der Waals surface area (Å²) >= 11 is 0. The summed E-state index contributed by atoms with van der Waals surface area (Å²) in [5, 5.41) is 5.90. The third-order valence-corrected chi connectivity index (χ3v) is 5.57. The van der Waals surface area contributed by atoms with Crippen LogP contribution in [-0.4, -0.2) is 25.6 Å². The average Bonchev–Trinajstić information content (AvgIpc) is 3.22. The van der Waals surface area contributed by atoms with E-state index in [-0.39, 0.29) is 12.5 Å². The van der Waals surface area contributed by atoms with Crippen molar-refractivity contribution < 1.29 is 23.5 Å². The molecule has 0 bridgehead atoms. The number of aryl methyl sites for hydroxylation is 1. The van der Waals surface area contributed by atoms with E-state index in [4.69, 9.17) is 9.15 Å². The molecule has 3 aromatic carbocycles. The first-order valence-electron chi connectivity index (χ1n) is 11.1. The third kappa shape index (κ3) is 5.17. The molecule has 0 aliphatic carbocycles. The summed E-state index contributed by atoms with van der Waals surface area (Å²) in [6.45, 7) is 2.40. The maximum Gasteiger partial charge on any atom is 0.343 e. The van der Waals surface area contributed by atoms with Crippen molar-refractivity contribution in [3.05, 3.63) is 77.6 Å². The maximum absolute atomic E-state index is 13.1. The van der Waals surface area contributed by atoms with Crippen molar-refractivity contribution in [2.45, 2.75) is 32.7 Å². The summed E-state index contributed by atoms with van der Waals surface area (Å²) in [6, 6.07) is 19.3.